The van der Waals surface area contributed by atoms with Crippen LogP contribution < -0.4 is 16.4 Å². The van der Waals surface area contributed by atoms with Gasteiger partial charge >= 0.3 is 6.03 Å². The third-order valence-electron chi connectivity index (χ3n) is 3.27. The average Bonchev–Trinajstić information content (AvgIpc) is 2.28. The summed E-state index contributed by atoms with van der Waals surface area (Å²) in [6.45, 7) is 3.46. The third kappa shape index (κ3) is 4.84. The van der Waals surface area contributed by atoms with E-state index < -0.39 is 0 Å². The number of nitrogens with two attached hydrogens (primary N) is 1. The number of rotatable bonds is 5. The Morgan fingerprint density at radius 3 is 2.56 bits per heavy atom. The van der Waals surface area contributed by atoms with Crippen LogP contribution in [0.4, 0.5) is 4.79 Å². The summed E-state index contributed by atoms with van der Waals surface area (Å²) in [6, 6.07) is -0.0798. The quantitative estimate of drug-likeness (QED) is 0.626. The molecule has 1 aliphatic rings. The molecule has 0 aromatic heterocycles. The molecule has 0 radical (unpaired) electrons. The van der Waals surface area contributed by atoms with Gasteiger partial charge in [-0.2, -0.15) is 0 Å². The van der Waals surface area contributed by atoms with Crippen molar-refractivity contribution in [2.24, 2.45) is 5.73 Å². The minimum absolute atomic E-state index is 0.0798. The summed E-state index contributed by atoms with van der Waals surface area (Å²) < 4.78 is 0. The maximum absolute atomic E-state index is 11.4. The first-order chi connectivity index (χ1) is 7.66. The molecular formula is C12H25N3O. The van der Waals surface area contributed by atoms with Crippen LogP contribution in [0.3, 0.4) is 0 Å². The van der Waals surface area contributed by atoms with Crippen LogP contribution in [0.25, 0.3) is 0 Å². The van der Waals surface area contributed by atoms with Crippen molar-refractivity contribution in [3.05, 3.63) is 0 Å². The smallest absolute Gasteiger partial charge is 0.314 e. The molecule has 0 heterocycles. The Morgan fingerprint density at radius 1 is 1.25 bits per heavy atom. The van der Waals surface area contributed by atoms with Crippen molar-refractivity contribution in [1.82, 2.24) is 10.6 Å². The van der Waals surface area contributed by atoms with Crippen LogP contribution in [-0.4, -0.2) is 24.7 Å². The van der Waals surface area contributed by atoms with Crippen LogP contribution in [0.5, 0.6) is 0 Å². The lowest BCUT2D eigenvalue weighted by Crippen LogP contribution is -2.53. The number of hydrogen-bond donors (Lipinski definition) is 3. The van der Waals surface area contributed by atoms with Gasteiger partial charge in [-0.1, -0.05) is 32.6 Å². The van der Waals surface area contributed by atoms with E-state index in [-0.39, 0.29) is 11.6 Å². The van der Waals surface area contributed by atoms with Gasteiger partial charge in [-0.05, 0) is 19.3 Å². The van der Waals surface area contributed by atoms with Crippen molar-refractivity contribution >= 4 is 6.03 Å². The summed E-state index contributed by atoms with van der Waals surface area (Å²) in [5, 5.41) is 5.71. The largest absolute Gasteiger partial charge is 0.338 e. The molecule has 4 nitrogen and oxygen atoms in total. The second kappa shape index (κ2) is 6.74. The Balaban J connectivity index is 2.14. The molecule has 0 aromatic carbocycles. The van der Waals surface area contributed by atoms with Gasteiger partial charge in [0.05, 0.1) is 0 Å². The Kier molecular flexibility index (Phi) is 5.60. The minimum atomic E-state index is -0.166. The Morgan fingerprint density at radius 2 is 1.94 bits per heavy atom. The monoisotopic (exact) mass is 227 g/mol. The van der Waals surface area contributed by atoms with Gasteiger partial charge in [-0.25, -0.2) is 4.79 Å². The van der Waals surface area contributed by atoms with Crippen LogP contribution in [0, 0.1) is 0 Å². The Bertz CT molecular complexity index is 212. The highest BCUT2D eigenvalue weighted by Crippen LogP contribution is 2.24. The second-order valence-electron chi connectivity index (χ2n) is 4.89. The van der Waals surface area contributed by atoms with Gasteiger partial charge in [-0.15, -0.1) is 0 Å². The predicted molar refractivity (Wildman–Crippen MR) is 66.3 cm³/mol. The van der Waals surface area contributed by atoms with E-state index in [4.69, 9.17) is 5.73 Å². The Hall–Kier alpha value is -0.770. The summed E-state index contributed by atoms with van der Waals surface area (Å²) >= 11 is 0. The van der Waals surface area contributed by atoms with Crippen molar-refractivity contribution in [2.75, 3.05) is 13.1 Å². The highest BCUT2D eigenvalue weighted by atomic mass is 16.2. The molecule has 2 amide bonds. The molecule has 16 heavy (non-hydrogen) atoms. The van der Waals surface area contributed by atoms with Crippen molar-refractivity contribution in [3.8, 4) is 0 Å². The average molecular weight is 227 g/mol. The molecular weight excluding hydrogens is 202 g/mol. The molecule has 0 saturated heterocycles. The Labute approximate surface area is 98.3 Å². The molecule has 4 N–H and O–H groups in total. The summed E-state index contributed by atoms with van der Waals surface area (Å²) in [5.74, 6) is 0. The van der Waals surface area contributed by atoms with Crippen LogP contribution in [0.1, 0.15) is 51.9 Å². The van der Waals surface area contributed by atoms with E-state index >= 15 is 0 Å². The van der Waals surface area contributed by atoms with E-state index in [1.807, 2.05) is 0 Å². The number of hydrogen-bond acceptors (Lipinski definition) is 2. The lowest BCUT2D eigenvalue weighted by molar-refractivity contribution is 0.230. The van der Waals surface area contributed by atoms with Crippen molar-refractivity contribution in [3.63, 3.8) is 0 Å². The predicted octanol–water partition coefficient (Wildman–Crippen LogP) is 1.75. The zero-order chi connectivity index (χ0) is 11.9. The highest BCUT2D eigenvalue weighted by molar-refractivity contribution is 5.73. The van der Waals surface area contributed by atoms with E-state index in [1.54, 1.807) is 0 Å². The number of amides is 2. The molecule has 0 bridgehead atoms. The standard InChI is InChI=1S/C12H25N3O/c1-2-3-9-14-11(16)15-10-12(13)7-5-4-6-8-12/h2-10,13H2,1H3,(H2,14,15,16). The number of nitrogens with one attached hydrogen (secondary N) is 2. The SMILES string of the molecule is CCCCNC(=O)NCC1(N)CCCCC1. The lowest BCUT2D eigenvalue weighted by atomic mass is 9.82. The summed E-state index contributed by atoms with van der Waals surface area (Å²) in [5.41, 5.74) is 6.05. The second-order valence-corrected chi connectivity index (χ2v) is 4.89. The molecule has 0 spiro atoms. The minimum Gasteiger partial charge on any atom is -0.338 e. The van der Waals surface area contributed by atoms with Crippen LogP contribution in [0.2, 0.25) is 0 Å². The van der Waals surface area contributed by atoms with Crippen LogP contribution >= 0.6 is 0 Å². The summed E-state index contributed by atoms with van der Waals surface area (Å²) in [4.78, 5) is 11.4. The van der Waals surface area contributed by atoms with Crippen molar-refractivity contribution in [1.29, 1.82) is 0 Å². The van der Waals surface area contributed by atoms with Gasteiger partial charge in [-0.3, -0.25) is 0 Å². The van der Waals surface area contributed by atoms with E-state index in [0.29, 0.717) is 6.54 Å². The lowest BCUT2D eigenvalue weighted by Gasteiger charge is -2.33. The molecule has 1 saturated carbocycles. The number of carbonyl (C=O) groups excluding carboxylic acids is 1. The van der Waals surface area contributed by atoms with Gasteiger partial charge in [0.1, 0.15) is 0 Å². The molecule has 94 valence electrons. The number of unbranched alkanes of at least 4 members (excludes halogenated alkanes) is 1. The van der Waals surface area contributed by atoms with Crippen molar-refractivity contribution in [2.45, 2.75) is 57.4 Å². The first kappa shape index (κ1) is 13.3. The van der Waals surface area contributed by atoms with Gasteiger partial charge < -0.3 is 16.4 Å². The van der Waals surface area contributed by atoms with Crippen molar-refractivity contribution < 1.29 is 4.79 Å². The first-order valence-corrected chi connectivity index (χ1v) is 6.47. The topological polar surface area (TPSA) is 67.2 Å². The van der Waals surface area contributed by atoms with Gasteiger partial charge in [0, 0.05) is 18.6 Å². The number of urea groups is 1. The van der Waals surface area contributed by atoms with E-state index in [2.05, 4.69) is 17.6 Å². The first-order valence-electron chi connectivity index (χ1n) is 6.47. The molecule has 1 aliphatic carbocycles. The van der Waals surface area contributed by atoms with E-state index in [9.17, 15) is 4.79 Å². The molecule has 1 fully saturated rings. The fraction of sp³-hybridized carbons (Fsp3) is 0.917. The summed E-state index contributed by atoms with van der Waals surface area (Å²) in [7, 11) is 0. The number of carbonyl (C=O) groups is 1. The third-order valence-corrected chi connectivity index (χ3v) is 3.27. The fourth-order valence-corrected chi connectivity index (χ4v) is 2.13. The molecule has 1 rings (SSSR count). The van der Waals surface area contributed by atoms with E-state index in [1.165, 1.54) is 19.3 Å². The maximum Gasteiger partial charge on any atom is 0.314 e. The molecule has 0 atom stereocenters. The molecule has 0 aliphatic heterocycles. The zero-order valence-electron chi connectivity index (χ0n) is 10.3. The summed E-state index contributed by atoms with van der Waals surface area (Å²) in [6.07, 6.45) is 7.85. The maximum atomic E-state index is 11.4. The van der Waals surface area contributed by atoms with Crippen LogP contribution in [0.15, 0.2) is 0 Å². The molecule has 0 aromatic rings. The normalized spacial score (nSPS) is 19.1. The van der Waals surface area contributed by atoms with Crippen LogP contribution in [-0.2, 0) is 0 Å². The van der Waals surface area contributed by atoms with Gasteiger partial charge in [0.15, 0.2) is 0 Å². The zero-order valence-corrected chi connectivity index (χ0v) is 10.3. The van der Waals surface area contributed by atoms with E-state index in [0.717, 1.165) is 32.2 Å². The highest BCUT2D eigenvalue weighted by Gasteiger charge is 2.27. The van der Waals surface area contributed by atoms with Gasteiger partial charge in [0.2, 0.25) is 0 Å². The van der Waals surface area contributed by atoms with Gasteiger partial charge in [0.25, 0.3) is 0 Å². The molecule has 4 heteroatoms. The fourth-order valence-electron chi connectivity index (χ4n) is 2.13. The molecule has 0 unspecified atom stereocenters.